The van der Waals surface area contributed by atoms with Gasteiger partial charge in [0, 0.05) is 5.38 Å². The van der Waals surface area contributed by atoms with Gasteiger partial charge in [0.2, 0.25) is 0 Å². The zero-order valence-corrected chi connectivity index (χ0v) is 15.2. The number of carbonyl (C=O) groups is 3. The van der Waals surface area contributed by atoms with Gasteiger partial charge in [-0.15, -0.1) is 11.3 Å². The highest BCUT2D eigenvalue weighted by Gasteiger charge is 2.13. The van der Waals surface area contributed by atoms with Gasteiger partial charge in [0.1, 0.15) is 0 Å². The largest absolute Gasteiger partial charge is 0.479 e. The van der Waals surface area contributed by atoms with Crippen LogP contribution in [-0.2, 0) is 30.3 Å². The van der Waals surface area contributed by atoms with E-state index in [0.717, 1.165) is 11.3 Å². The molecule has 144 valence electrons. The molecule has 8 nitrogen and oxygen atoms in total. The van der Waals surface area contributed by atoms with E-state index in [0.29, 0.717) is 5.69 Å². The first-order valence-corrected chi connectivity index (χ1v) is 8.78. The molecule has 0 fully saturated rings. The van der Waals surface area contributed by atoms with Crippen molar-refractivity contribution in [3.05, 3.63) is 41.2 Å². The zero-order chi connectivity index (χ0) is 19.6. The topological polar surface area (TPSA) is 104 Å². The lowest BCUT2D eigenvalue weighted by Crippen LogP contribution is -2.23. The molecule has 27 heavy (non-hydrogen) atoms. The minimum atomic E-state index is -0.824. The van der Waals surface area contributed by atoms with E-state index >= 15 is 0 Å². The van der Waals surface area contributed by atoms with Gasteiger partial charge < -0.3 is 14.2 Å². The molecule has 0 aliphatic heterocycles. The Labute approximate surface area is 158 Å². The molecule has 0 bridgehead atoms. The molecule has 1 heterocycles. The Morgan fingerprint density at radius 1 is 1.15 bits per heavy atom. The third kappa shape index (κ3) is 7.02. The standard InChI is InChI=1S/C17H17FN2O6S/c1-2-24-15(22)7-11-10-27-17(19-11)20-14(21)8-26-16(23)9-25-13-6-4-3-5-12(13)18/h3-6,10H,2,7-9H2,1H3,(H,19,20,21). The van der Waals surface area contributed by atoms with Gasteiger partial charge in [-0.05, 0) is 19.1 Å². The second-order valence-corrected chi connectivity index (χ2v) is 5.91. The highest BCUT2D eigenvalue weighted by Crippen LogP contribution is 2.16. The molecule has 0 spiro atoms. The number of benzene rings is 1. The van der Waals surface area contributed by atoms with Crippen molar-refractivity contribution in [2.45, 2.75) is 13.3 Å². The molecular weight excluding hydrogens is 379 g/mol. The molecule has 1 aromatic carbocycles. The number of para-hydroxylation sites is 1. The van der Waals surface area contributed by atoms with Gasteiger partial charge in [-0.1, -0.05) is 12.1 Å². The normalized spacial score (nSPS) is 10.1. The van der Waals surface area contributed by atoms with Crippen molar-refractivity contribution < 1.29 is 33.0 Å². The Balaban J connectivity index is 1.71. The maximum atomic E-state index is 13.3. The Morgan fingerprint density at radius 3 is 2.67 bits per heavy atom. The zero-order valence-electron chi connectivity index (χ0n) is 14.4. The van der Waals surface area contributed by atoms with Gasteiger partial charge in [-0.3, -0.25) is 14.9 Å². The number of hydrogen-bond donors (Lipinski definition) is 1. The Hall–Kier alpha value is -3.01. The predicted molar refractivity (Wildman–Crippen MR) is 93.9 cm³/mol. The summed E-state index contributed by atoms with van der Waals surface area (Å²) >= 11 is 1.12. The minimum Gasteiger partial charge on any atom is -0.479 e. The molecule has 1 N–H and O–H groups in total. The number of anilines is 1. The maximum absolute atomic E-state index is 13.3. The van der Waals surface area contributed by atoms with Crippen LogP contribution in [0.15, 0.2) is 29.6 Å². The van der Waals surface area contributed by atoms with Gasteiger partial charge in [-0.25, -0.2) is 14.2 Å². The van der Waals surface area contributed by atoms with Crippen LogP contribution >= 0.6 is 11.3 Å². The maximum Gasteiger partial charge on any atom is 0.344 e. The van der Waals surface area contributed by atoms with Crippen LogP contribution < -0.4 is 10.1 Å². The molecule has 2 rings (SSSR count). The van der Waals surface area contributed by atoms with Crippen molar-refractivity contribution in [2.24, 2.45) is 0 Å². The lowest BCUT2D eigenvalue weighted by molar-refractivity contribution is -0.149. The molecule has 2 aromatic rings. The van der Waals surface area contributed by atoms with E-state index in [1.165, 1.54) is 18.2 Å². The summed E-state index contributed by atoms with van der Waals surface area (Å²) in [5.41, 5.74) is 0.462. The predicted octanol–water partition coefficient (Wildman–Crippen LogP) is 1.95. The number of carbonyl (C=O) groups excluding carboxylic acids is 3. The van der Waals surface area contributed by atoms with Crippen molar-refractivity contribution in [2.75, 3.05) is 25.1 Å². The summed E-state index contributed by atoms with van der Waals surface area (Å²) < 4.78 is 27.9. The summed E-state index contributed by atoms with van der Waals surface area (Å²) in [6.45, 7) is 0.896. The van der Waals surface area contributed by atoms with E-state index in [1.807, 2.05) is 0 Å². The van der Waals surface area contributed by atoms with Crippen molar-refractivity contribution in [3.8, 4) is 5.75 Å². The summed E-state index contributed by atoms with van der Waals surface area (Å²) in [7, 11) is 0. The first-order chi connectivity index (χ1) is 13.0. The van der Waals surface area contributed by atoms with Gasteiger partial charge >= 0.3 is 11.9 Å². The van der Waals surface area contributed by atoms with Crippen LogP contribution in [0.2, 0.25) is 0 Å². The number of thiazole rings is 1. The number of nitrogens with one attached hydrogen (secondary N) is 1. The van der Waals surface area contributed by atoms with E-state index < -0.39 is 36.9 Å². The first kappa shape index (κ1) is 20.3. The summed E-state index contributed by atoms with van der Waals surface area (Å²) in [5, 5.41) is 4.32. The molecule has 1 amide bonds. The van der Waals surface area contributed by atoms with Crippen molar-refractivity contribution in [1.82, 2.24) is 4.98 Å². The van der Waals surface area contributed by atoms with E-state index in [4.69, 9.17) is 14.2 Å². The van der Waals surface area contributed by atoms with Crippen LogP contribution in [0.25, 0.3) is 0 Å². The number of rotatable bonds is 9. The molecule has 0 saturated carbocycles. The molecular formula is C17H17FN2O6S. The SMILES string of the molecule is CCOC(=O)Cc1csc(NC(=O)COC(=O)COc2ccccc2F)n1. The molecule has 0 saturated heterocycles. The van der Waals surface area contributed by atoms with Crippen LogP contribution in [0.1, 0.15) is 12.6 Å². The van der Waals surface area contributed by atoms with Gasteiger partial charge in [0.15, 0.2) is 29.9 Å². The van der Waals surface area contributed by atoms with Crippen LogP contribution in [0.4, 0.5) is 9.52 Å². The number of hydrogen-bond acceptors (Lipinski definition) is 8. The van der Waals surface area contributed by atoms with Crippen molar-refractivity contribution in [3.63, 3.8) is 0 Å². The third-order valence-corrected chi connectivity index (χ3v) is 3.78. The Kier molecular flexibility index (Phi) is 7.68. The van der Waals surface area contributed by atoms with Crippen molar-refractivity contribution in [1.29, 1.82) is 0 Å². The molecule has 0 radical (unpaired) electrons. The fraction of sp³-hybridized carbons (Fsp3) is 0.294. The average molecular weight is 396 g/mol. The molecule has 1 aromatic heterocycles. The second-order valence-electron chi connectivity index (χ2n) is 5.05. The van der Waals surface area contributed by atoms with E-state index in [2.05, 4.69) is 10.3 Å². The quantitative estimate of drug-likeness (QED) is 0.646. The van der Waals surface area contributed by atoms with Gasteiger partial charge in [0.05, 0.1) is 18.7 Å². The number of nitrogens with zero attached hydrogens (tertiary/aromatic N) is 1. The second kappa shape index (κ2) is 10.2. The Morgan fingerprint density at radius 2 is 1.93 bits per heavy atom. The Bertz CT molecular complexity index is 810. The van der Waals surface area contributed by atoms with Gasteiger partial charge in [-0.2, -0.15) is 0 Å². The molecule has 0 unspecified atom stereocenters. The molecule has 0 aliphatic rings. The average Bonchev–Trinajstić information content (AvgIpc) is 3.06. The van der Waals surface area contributed by atoms with Crippen LogP contribution in [0.3, 0.4) is 0 Å². The summed E-state index contributed by atoms with van der Waals surface area (Å²) in [5.74, 6) is -2.53. The van der Waals surface area contributed by atoms with E-state index in [1.54, 1.807) is 18.4 Å². The third-order valence-electron chi connectivity index (χ3n) is 2.98. The van der Waals surface area contributed by atoms with Crippen LogP contribution in [0, 0.1) is 5.82 Å². The summed E-state index contributed by atoms with van der Waals surface area (Å²) in [6.07, 6.45) is 0.00256. The number of ether oxygens (including phenoxy) is 3. The monoisotopic (exact) mass is 396 g/mol. The lowest BCUT2D eigenvalue weighted by Gasteiger charge is -2.07. The fourth-order valence-corrected chi connectivity index (χ4v) is 2.57. The minimum absolute atomic E-state index is 0.00256. The van der Waals surface area contributed by atoms with Crippen LogP contribution in [-0.4, -0.2) is 42.7 Å². The molecule has 0 atom stereocenters. The lowest BCUT2D eigenvalue weighted by atomic mass is 10.3. The van der Waals surface area contributed by atoms with E-state index in [-0.39, 0.29) is 23.9 Å². The number of halogens is 1. The summed E-state index contributed by atoms with van der Waals surface area (Å²) in [4.78, 5) is 38.8. The summed E-state index contributed by atoms with van der Waals surface area (Å²) in [6, 6.07) is 5.60. The number of esters is 2. The van der Waals surface area contributed by atoms with Gasteiger partial charge in [0.25, 0.3) is 5.91 Å². The highest BCUT2D eigenvalue weighted by molar-refractivity contribution is 7.13. The van der Waals surface area contributed by atoms with Crippen LogP contribution in [0.5, 0.6) is 5.75 Å². The van der Waals surface area contributed by atoms with Crippen molar-refractivity contribution >= 4 is 34.3 Å². The van der Waals surface area contributed by atoms with E-state index in [9.17, 15) is 18.8 Å². The molecule has 10 heteroatoms. The fourth-order valence-electron chi connectivity index (χ4n) is 1.85. The number of amides is 1. The smallest absolute Gasteiger partial charge is 0.344 e. The number of aromatic nitrogens is 1. The highest BCUT2D eigenvalue weighted by atomic mass is 32.1. The molecule has 0 aliphatic carbocycles. The first-order valence-electron chi connectivity index (χ1n) is 7.90.